The smallest absolute Gasteiger partial charge is 0.232 e. The third-order valence-electron chi connectivity index (χ3n) is 2.77. The van der Waals surface area contributed by atoms with Gasteiger partial charge in [0.1, 0.15) is 0 Å². The maximum absolute atomic E-state index is 5.73. The zero-order valence-corrected chi connectivity index (χ0v) is 12.4. The van der Waals surface area contributed by atoms with Gasteiger partial charge in [-0.3, -0.25) is 4.90 Å². The van der Waals surface area contributed by atoms with Crippen LogP contribution >= 0.6 is 0 Å². The first-order valence-corrected chi connectivity index (χ1v) is 6.36. The molecule has 18 heavy (non-hydrogen) atoms. The number of nitrogens with two attached hydrogens (primary N) is 1. The molecular formula is C13H26N4O. The summed E-state index contributed by atoms with van der Waals surface area (Å²) >= 11 is 0. The minimum absolute atomic E-state index is 0.0969. The molecule has 0 unspecified atom stereocenters. The first-order chi connectivity index (χ1) is 8.14. The van der Waals surface area contributed by atoms with Crippen molar-refractivity contribution < 1.29 is 4.52 Å². The molecule has 104 valence electrons. The van der Waals surface area contributed by atoms with Crippen LogP contribution in [0.3, 0.4) is 0 Å². The molecule has 0 bridgehead atoms. The largest absolute Gasteiger partial charge is 0.339 e. The van der Waals surface area contributed by atoms with E-state index >= 15 is 0 Å². The first kappa shape index (κ1) is 15.1. The van der Waals surface area contributed by atoms with Crippen LogP contribution < -0.4 is 5.73 Å². The Morgan fingerprint density at radius 3 is 2.28 bits per heavy atom. The zero-order valence-electron chi connectivity index (χ0n) is 12.4. The summed E-state index contributed by atoms with van der Waals surface area (Å²) in [6, 6.07) is 0. The second-order valence-corrected chi connectivity index (χ2v) is 6.81. The summed E-state index contributed by atoms with van der Waals surface area (Å²) in [4.78, 5) is 6.60. The van der Waals surface area contributed by atoms with Gasteiger partial charge < -0.3 is 10.3 Å². The van der Waals surface area contributed by atoms with Crippen molar-refractivity contribution in [1.29, 1.82) is 0 Å². The van der Waals surface area contributed by atoms with Crippen LogP contribution in [0.5, 0.6) is 0 Å². The third kappa shape index (κ3) is 4.38. The van der Waals surface area contributed by atoms with Crippen LogP contribution in [-0.4, -0.2) is 35.2 Å². The Balaban J connectivity index is 2.60. The van der Waals surface area contributed by atoms with Gasteiger partial charge in [-0.2, -0.15) is 4.98 Å². The molecule has 0 amide bonds. The predicted octanol–water partition coefficient (Wildman–Crippen LogP) is 1.78. The van der Waals surface area contributed by atoms with Crippen LogP contribution in [-0.2, 0) is 12.0 Å². The van der Waals surface area contributed by atoms with Crippen LogP contribution in [0.2, 0.25) is 0 Å². The van der Waals surface area contributed by atoms with Gasteiger partial charge in [-0.05, 0) is 19.0 Å². The number of nitrogens with zero attached hydrogens (tertiary/aromatic N) is 3. The Hall–Kier alpha value is -0.940. The van der Waals surface area contributed by atoms with Gasteiger partial charge in [0.25, 0.3) is 0 Å². The van der Waals surface area contributed by atoms with Crippen LogP contribution in [0, 0.1) is 5.41 Å². The lowest BCUT2D eigenvalue weighted by Crippen LogP contribution is -2.36. The van der Waals surface area contributed by atoms with E-state index in [0.717, 1.165) is 12.4 Å². The zero-order chi connectivity index (χ0) is 14.0. The Morgan fingerprint density at radius 2 is 1.83 bits per heavy atom. The lowest BCUT2D eigenvalue weighted by molar-refractivity contribution is 0.204. The molecule has 5 heteroatoms. The van der Waals surface area contributed by atoms with Crippen LogP contribution in [0.15, 0.2) is 4.52 Å². The van der Waals surface area contributed by atoms with Crippen LogP contribution in [0.25, 0.3) is 0 Å². The lowest BCUT2D eigenvalue weighted by Gasteiger charge is -2.28. The lowest BCUT2D eigenvalue weighted by atomic mass is 9.93. The first-order valence-electron chi connectivity index (χ1n) is 6.36. The molecule has 2 N–H and O–H groups in total. The predicted molar refractivity (Wildman–Crippen MR) is 72.2 cm³/mol. The minimum atomic E-state index is -0.0969. The standard InChI is InChI=1S/C13H26N4O/c1-12(2,3)11-15-10(16-18-11)7-17(6)9-13(4,5)8-14/h7-9,14H2,1-6H3. The summed E-state index contributed by atoms with van der Waals surface area (Å²) in [5, 5.41) is 4.02. The minimum Gasteiger partial charge on any atom is -0.339 e. The van der Waals surface area contributed by atoms with Crippen molar-refractivity contribution in [2.45, 2.75) is 46.6 Å². The summed E-state index contributed by atoms with van der Waals surface area (Å²) in [7, 11) is 2.05. The van der Waals surface area contributed by atoms with E-state index in [1.165, 1.54) is 0 Å². The van der Waals surface area contributed by atoms with Gasteiger partial charge in [0.2, 0.25) is 5.89 Å². The molecule has 5 nitrogen and oxygen atoms in total. The fourth-order valence-corrected chi connectivity index (χ4v) is 1.72. The average Bonchev–Trinajstić information content (AvgIpc) is 2.64. The molecule has 1 aromatic heterocycles. The number of hydrogen-bond acceptors (Lipinski definition) is 5. The van der Waals surface area contributed by atoms with Crippen molar-refractivity contribution in [1.82, 2.24) is 15.0 Å². The van der Waals surface area contributed by atoms with E-state index in [-0.39, 0.29) is 10.8 Å². The SMILES string of the molecule is CN(Cc1noc(C(C)(C)C)n1)CC(C)(C)CN. The normalized spacial score (nSPS) is 13.3. The van der Waals surface area contributed by atoms with E-state index in [2.05, 4.69) is 49.7 Å². The number of hydrogen-bond donors (Lipinski definition) is 1. The monoisotopic (exact) mass is 254 g/mol. The molecule has 0 aliphatic carbocycles. The third-order valence-corrected chi connectivity index (χ3v) is 2.77. The van der Waals surface area contributed by atoms with E-state index in [0.29, 0.717) is 19.0 Å². The molecule has 0 saturated heterocycles. The Labute approximate surface area is 110 Å². The van der Waals surface area contributed by atoms with Gasteiger partial charge in [-0.15, -0.1) is 0 Å². The summed E-state index contributed by atoms with van der Waals surface area (Å²) in [6.45, 7) is 12.7. The van der Waals surface area contributed by atoms with Gasteiger partial charge in [0, 0.05) is 12.0 Å². The van der Waals surface area contributed by atoms with E-state index in [4.69, 9.17) is 10.3 Å². The van der Waals surface area contributed by atoms with Gasteiger partial charge in [-0.1, -0.05) is 39.8 Å². The van der Waals surface area contributed by atoms with Crippen molar-refractivity contribution in [3.05, 3.63) is 11.7 Å². The molecule has 0 aliphatic rings. The molecule has 0 fully saturated rings. The van der Waals surface area contributed by atoms with Crippen molar-refractivity contribution in [3.63, 3.8) is 0 Å². The topological polar surface area (TPSA) is 68.2 Å². The Morgan fingerprint density at radius 1 is 1.22 bits per heavy atom. The summed E-state index contributed by atoms with van der Waals surface area (Å²) in [5.74, 6) is 1.42. The van der Waals surface area contributed by atoms with Crippen molar-refractivity contribution in [3.8, 4) is 0 Å². The molecule has 1 heterocycles. The Kier molecular flexibility index (Phi) is 4.50. The molecule has 1 aromatic rings. The van der Waals surface area contributed by atoms with Crippen molar-refractivity contribution >= 4 is 0 Å². The van der Waals surface area contributed by atoms with E-state index in [9.17, 15) is 0 Å². The maximum Gasteiger partial charge on any atom is 0.232 e. The fraction of sp³-hybridized carbons (Fsp3) is 0.846. The highest BCUT2D eigenvalue weighted by molar-refractivity contribution is 4.98. The highest BCUT2D eigenvalue weighted by Gasteiger charge is 2.23. The van der Waals surface area contributed by atoms with Crippen molar-refractivity contribution in [2.24, 2.45) is 11.1 Å². The molecule has 0 spiro atoms. The highest BCUT2D eigenvalue weighted by Crippen LogP contribution is 2.20. The molecule has 1 rings (SSSR count). The Bertz CT molecular complexity index is 379. The molecule has 0 radical (unpaired) electrons. The maximum atomic E-state index is 5.73. The summed E-state index contributed by atoms with van der Waals surface area (Å²) in [5.41, 5.74) is 5.74. The molecule has 0 atom stereocenters. The van der Waals surface area contributed by atoms with E-state index in [1.807, 2.05) is 7.05 Å². The second-order valence-electron chi connectivity index (χ2n) is 6.81. The fourth-order valence-electron chi connectivity index (χ4n) is 1.72. The second kappa shape index (κ2) is 5.36. The van der Waals surface area contributed by atoms with E-state index < -0.39 is 0 Å². The van der Waals surface area contributed by atoms with Crippen molar-refractivity contribution in [2.75, 3.05) is 20.1 Å². The molecular weight excluding hydrogens is 228 g/mol. The molecule has 0 saturated carbocycles. The van der Waals surface area contributed by atoms with Crippen LogP contribution in [0.4, 0.5) is 0 Å². The summed E-state index contributed by atoms with van der Waals surface area (Å²) in [6.07, 6.45) is 0. The van der Waals surface area contributed by atoms with E-state index in [1.54, 1.807) is 0 Å². The van der Waals surface area contributed by atoms with Gasteiger partial charge in [0.15, 0.2) is 5.82 Å². The van der Waals surface area contributed by atoms with Gasteiger partial charge >= 0.3 is 0 Å². The van der Waals surface area contributed by atoms with Gasteiger partial charge in [0.05, 0.1) is 6.54 Å². The number of aromatic nitrogens is 2. The highest BCUT2D eigenvalue weighted by atomic mass is 16.5. The summed E-state index contributed by atoms with van der Waals surface area (Å²) < 4.78 is 5.27. The van der Waals surface area contributed by atoms with Gasteiger partial charge in [-0.25, -0.2) is 0 Å². The quantitative estimate of drug-likeness (QED) is 0.867. The molecule has 0 aromatic carbocycles. The number of rotatable bonds is 5. The van der Waals surface area contributed by atoms with Crippen LogP contribution in [0.1, 0.15) is 46.3 Å². The average molecular weight is 254 g/mol. The molecule has 0 aliphatic heterocycles.